The highest BCUT2D eigenvalue weighted by molar-refractivity contribution is 6.31. The fraction of sp³-hybridized carbons (Fsp3) is 0.188. The van der Waals surface area contributed by atoms with Gasteiger partial charge in [0.2, 0.25) is 0 Å². The highest BCUT2D eigenvalue weighted by atomic mass is 35.5. The summed E-state index contributed by atoms with van der Waals surface area (Å²) in [7, 11) is 0. The van der Waals surface area contributed by atoms with Crippen molar-refractivity contribution in [3.8, 4) is 0 Å². The average molecular weight is 305 g/mol. The molecule has 21 heavy (non-hydrogen) atoms. The Morgan fingerprint density at radius 1 is 1.24 bits per heavy atom. The van der Waals surface area contributed by atoms with E-state index in [-0.39, 0.29) is 0 Å². The van der Waals surface area contributed by atoms with Crippen LogP contribution in [-0.2, 0) is 4.74 Å². The van der Waals surface area contributed by atoms with E-state index in [1.54, 1.807) is 25.1 Å². The standard InChI is InChI=1S/C16H17ClN2O2/c1-3-21-16(20)11-6-4-9-14(15(11)18)19-13-8-5-7-12(17)10(13)2/h4-9,19H,3,18H2,1-2H3. The van der Waals surface area contributed by atoms with Crippen molar-refractivity contribution in [1.82, 2.24) is 0 Å². The highest BCUT2D eigenvalue weighted by Crippen LogP contribution is 2.30. The number of hydrogen-bond donors (Lipinski definition) is 2. The topological polar surface area (TPSA) is 64.3 Å². The molecule has 110 valence electrons. The van der Waals surface area contributed by atoms with E-state index in [1.165, 1.54) is 0 Å². The van der Waals surface area contributed by atoms with Crippen molar-refractivity contribution in [3.05, 3.63) is 52.5 Å². The first-order valence-corrected chi connectivity index (χ1v) is 7.00. The maximum atomic E-state index is 11.8. The Bertz CT molecular complexity index is 671. The number of hydrogen-bond acceptors (Lipinski definition) is 4. The van der Waals surface area contributed by atoms with Crippen molar-refractivity contribution in [1.29, 1.82) is 0 Å². The van der Waals surface area contributed by atoms with Crippen LogP contribution in [0.25, 0.3) is 0 Å². The maximum absolute atomic E-state index is 11.8. The zero-order valence-electron chi connectivity index (χ0n) is 11.9. The predicted octanol–water partition coefficient (Wildman–Crippen LogP) is 4.15. The van der Waals surface area contributed by atoms with Crippen LogP contribution in [0.15, 0.2) is 36.4 Å². The Kier molecular flexibility index (Phi) is 4.70. The Morgan fingerprint density at radius 2 is 1.90 bits per heavy atom. The van der Waals surface area contributed by atoms with Gasteiger partial charge in [-0.05, 0) is 43.7 Å². The van der Waals surface area contributed by atoms with E-state index in [2.05, 4.69) is 5.32 Å². The van der Waals surface area contributed by atoms with E-state index in [0.29, 0.717) is 28.6 Å². The van der Waals surface area contributed by atoms with Crippen LogP contribution in [0.5, 0.6) is 0 Å². The third-order valence-corrected chi connectivity index (χ3v) is 3.55. The molecule has 0 saturated carbocycles. The summed E-state index contributed by atoms with van der Waals surface area (Å²) in [4.78, 5) is 11.8. The summed E-state index contributed by atoms with van der Waals surface area (Å²) in [6, 6.07) is 10.8. The number of anilines is 3. The fourth-order valence-electron chi connectivity index (χ4n) is 1.95. The van der Waals surface area contributed by atoms with Crippen LogP contribution < -0.4 is 11.1 Å². The van der Waals surface area contributed by atoms with Gasteiger partial charge in [-0.3, -0.25) is 0 Å². The number of nitrogens with two attached hydrogens (primary N) is 1. The molecule has 0 aliphatic heterocycles. The molecule has 0 bridgehead atoms. The number of esters is 1. The van der Waals surface area contributed by atoms with Crippen molar-refractivity contribution >= 4 is 34.6 Å². The van der Waals surface area contributed by atoms with Gasteiger partial charge in [0, 0.05) is 10.7 Å². The molecule has 5 heteroatoms. The molecule has 0 aromatic heterocycles. The zero-order chi connectivity index (χ0) is 15.4. The van der Waals surface area contributed by atoms with Gasteiger partial charge in [-0.2, -0.15) is 0 Å². The molecule has 2 aromatic rings. The van der Waals surface area contributed by atoms with Crippen LogP contribution in [0.2, 0.25) is 5.02 Å². The molecule has 0 aliphatic rings. The van der Waals surface area contributed by atoms with Crippen LogP contribution in [0, 0.1) is 6.92 Å². The van der Waals surface area contributed by atoms with Gasteiger partial charge in [0.1, 0.15) is 0 Å². The van der Waals surface area contributed by atoms with E-state index < -0.39 is 5.97 Å². The summed E-state index contributed by atoms with van der Waals surface area (Å²) in [6.07, 6.45) is 0. The molecule has 0 amide bonds. The van der Waals surface area contributed by atoms with E-state index >= 15 is 0 Å². The van der Waals surface area contributed by atoms with Crippen molar-refractivity contribution < 1.29 is 9.53 Å². The number of nitrogen functional groups attached to an aromatic ring is 1. The molecule has 0 radical (unpaired) electrons. The second-order valence-corrected chi connectivity index (χ2v) is 4.93. The summed E-state index contributed by atoms with van der Waals surface area (Å²) < 4.78 is 4.99. The third-order valence-electron chi connectivity index (χ3n) is 3.14. The minimum Gasteiger partial charge on any atom is -0.462 e. The number of halogens is 1. The second kappa shape index (κ2) is 6.50. The summed E-state index contributed by atoms with van der Waals surface area (Å²) in [5.74, 6) is -0.429. The van der Waals surface area contributed by atoms with E-state index in [4.69, 9.17) is 22.1 Å². The quantitative estimate of drug-likeness (QED) is 0.658. The van der Waals surface area contributed by atoms with E-state index in [0.717, 1.165) is 11.3 Å². The Balaban J connectivity index is 2.35. The maximum Gasteiger partial charge on any atom is 0.340 e. The minimum absolute atomic E-state index is 0.309. The molecule has 0 fully saturated rings. The smallest absolute Gasteiger partial charge is 0.340 e. The van der Waals surface area contributed by atoms with Crippen LogP contribution in [0.3, 0.4) is 0 Å². The van der Waals surface area contributed by atoms with Crippen LogP contribution in [-0.4, -0.2) is 12.6 Å². The van der Waals surface area contributed by atoms with Crippen LogP contribution in [0.1, 0.15) is 22.8 Å². The zero-order valence-corrected chi connectivity index (χ0v) is 12.7. The van der Waals surface area contributed by atoms with Crippen molar-refractivity contribution in [3.63, 3.8) is 0 Å². The second-order valence-electron chi connectivity index (χ2n) is 4.52. The molecule has 0 spiro atoms. The lowest BCUT2D eigenvalue weighted by molar-refractivity contribution is 0.0527. The number of carbonyl (C=O) groups is 1. The highest BCUT2D eigenvalue weighted by Gasteiger charge is 2.14. The summed E-state index contributed by atoms with van der Waals surface area (Å²) >= 11 is 6.10. The van der Waals surface area contributed by atoms with Gasteiger partial charge < -0.3 is 15.8 Å². The average Bonchev–Trinajstić information content (AvgIpc) is 2.46. The number of para-hydroxylation sites is 1. The molecule has 4 nitrogen and oxygen atoms in total. The first-order valence-electron chi connectivity index (χ1n) is 6.62. The van der Waals surface area contributed by atoms with Gasteiger partial charge >= 0.3 is 5.97 Å². The predicted molar refractivity (Wildman–Crippen MR) is 86.3 cm³/mol. The molecule has 2 rings (SSSR count). The van der Waals surface area contributed by atoms with Crippen LogP contribution >= 0.6 is 11.6 Å². The molecule has 0 heterocycles. The van der Waals surface area contributed by atoms with Gasteiger partial charge in [0.15, 0.2) is 0 Å². The minimum atomic E-state index is -0.429. The molecule has 2 aromatic carbocycles. The van der Waals surface area contributed by atoms with Gasteiger partial charge in [0.25, 0.3) is 0 Å². The number of benzene rings is 2. The number of rotatable bonds is 4. The Hall–Kier alpha value is -2.20. The SMILES string of the molecule is CCOC(=O)c1cccc(Nc2cccc(Cl)c2C)c1N. The molecule has 0 aliphatic carbocycles. The lowest BCUT2D eigenvalue weighted by Gasteiger charge is -2.14. The largest absolute Gasteiger partial charge is 0.462 e. The van der Waals surface area contributed by atoms with E-state index in [9.17, 15) is 4.79 Å². The Morgan fingerprint density at radius 3 is 2.62 bits per heavy atom. The van der Waals surface area contributed by atoms with Gasteiger partial charge in [-0.1, -0.05) is 23.7 Å². The molecule has 0 atom stereocenters. The summed E-state index contributed by atoms with van der Waals surface area (Å²) in [5, 5.41) is 3.87. The van der Waals surface area contributed by atoms with Gasteiger partial charge in [-0.25, -0.2) is 4.79 Å². The first-order chi connectivity index (χ1) is 10.0. The lowest BCUT2D eigenvalue weighted by Crippen LogP contribution is -2.09. The third kappa shape index (κ3) is 3.28. The van der Waals surface area contributed by atoms with Crippen LogP contribution in [0.4, 0.5) is 17.1 Å². The molecule has 0 saturated heterocycles. The molecule has 3 N–H and O–H groups in total. The number of nitrogens with one attached hydrogen (secondary N) is 1. The lowest BCUT2D eigenvalue weighted by atomic mass is 10.1. The summed E-state index contributed by atoms with van der Waals surface area (Å²) in [6.45, 7) is 3.98. The normalized spacial score (nSPS) is 10.2. The van der Waals surface area contributed by atoms with Crippen molar-refractivity contribution in [2.75, 3.05) is 17.7 Å². The first kappa shape index (κ1) is 15.2. The monoisotopic (exact) mass is 304 g/mol. The van der Waals surface area contributed by atoms with Crippen molar-refractivity contribution in [2.24, 2.45) is 0 Å². The Labute approximate surface area is 128 Å². The van der Waals surface area contributed by atoms with Gasteiger partial charge in [-0.15, -0.1) is 0 Å². The molecular formula is C16H17ClN2O2. The number of ether oxygens (including phenoxy) is 1. The van der Waals surface area contributed by atoms with Crippen molar-refractivity contribution in [2.45, 2.75) is 13.8 Å². The summed E-state index contributed by atoms with van der Waals surface area (Å²) in [5.41, 5.74) is 9.16. The fourth-order valence-corrected chi connectivity index (χ4v) is 2.12. The van der Waals surface area contributed by atoms with E-state index in [1.807, 2.05) is 25.1 Å². The number of carbonyl (C=O) groups excluding carboxylic acids is 1. The van der Waals surface area contributed by atoms with Gasteiger partial charge in [0.05, 0.1) is 23.5 Å². The molecular weight excluding hydrogens is 288 g/mol. The molecule has 0 unspecified atom stereocenters.